The predicted octanol–water partition coefficient (Wildman–Crippen LogP) is 6.75. The third-order valence-corrected chi connectivity index (χ3v) is 18.7. The number of nitrogens with zero attached hydrogens (tertiary/aromatic N) is 12. The van der Waals surface area contributed by atoms with Crippen LogP contribution in [0.1, 0.15) is 72.6 Å². The van der Waals surface area contributed by atoms with E-state index in [-0.39, 0.29) is 53.2 Å². The molecule has 4 aromatic heterocycles. The van der Waals surface area contributed by atoms with Crippen LogP contribution >= 0.6 is 0 Å². The maximum absolute atomic E-state index is 13.8. The van der Waals surface area contributed by atoms with Crippen LogP contribution in [-0.4, -0.2) is 199 Å². The van der Waals surface area contributed by atoms with Gasteiger partial charge >= 0.3 is 37.3 Å². The number of morpholine rings is 2. The number of para-hydroxylation sites is 4. The molecule has 1 amide bonds. The van der Waals surface area contributed by atoms with Gasteiger partial charge in [-0.1, -0.05) is 24.3 Å². The summed E-state index contributed by atoms with van der Waals surface area (Å²) in [5.41, 5.74) is 6.16. The molecule has 21 nitrogen and oxygen atoms in total. The van der Waals surface area contributed by atoms with E-state index < -0.39 is 25.8 Å². The van der Waals surface area contributed by atoms with E-state index in [0.717, 1.165) is 143 Å². The van der Waals surface area contributed by atoms with E-state index in [1.165, 1.54) is 10.6 Å². The van der Waals surface area contributed by atoms with Crippen molar-refractivity contribution in [2.24, 2.45) is 0 Å². The van der Waals surface area contributed by atoms with Crippen molar-refractivity contribution in [1.29, 1.82) is 0 Å². The SMILES string of the molecule is CB(O)N1CCC(n2c(=O)[nH]c3ccccc32)CC1.CB(O)N1CCC(n2c(=O)n(CCN3CCOCC3)c3ccccc32)CC1.CN(c1ccncc1)c1ccc(C(=O)N2CCC(n3c(=O)n(CCN4CCOCC4)c4cc(C(F)(F)F)ccc43)CC2)cc1. The van der Waals surface area contributed by atoms with Crippen LogP contribution in [0.25, 0.3) is 33.1 Å². The number of amides is 1. The Hall–Kier alpha value is -7.29. The summed E-state index contributed by atoms with van der Waals surface area (Å²) in [7, 11) is 1.13. The van der Waals surface area contributed by atoms with Crippen LogP contribution < -0.4 is 22.0 Å². The minimum atomic E-state index is -4.51. The van der Waals surface area contributed by atoms with Crippen LogP contribution in [0.15, 0.2) is 130 Å². The van der Waals surface area contributed by atoms with Crippen molar-refractivity contribution in [1.82, 2.24) is 57.1 Å². The summed E-state index contributed by atoms with van der Waals surface area (Å²) in [6.45, 7) is 16.2. The van der Waals surface area contributed by atoms with Gasteiger partial charge in [0.05, 0.1) is 65.1 Å². The highest BCUT2D eigenvalue weighted by molar-refractivity contribution is 6.45. The van der Waals surface area contributed by atoms with Crippen LogP contribution in [0.3, 0.4) is 0 Å². The number of nitrogens with one attached hydrogen (secondary N) is 1. The first-order valence-electron chi connectivity index (χ1n) is 31.7. The highest BCUT2D eigenvalue weighted by Crippen LogP contribution is 2.34. The quantitative estimate of drug-likeness (QED) is 0.0966. The molecule has 0 unspecified atom stereocenters. The summed E-state index contributed by atoms with van der Waals surface area (Å²) in [5, 5.41) is 19.4. The fourth-order valence-electron chi connectivity index (χ4n) is 13.5. The van der Waals surface area contributed by atoms with Crippen molar-refractivity contribution in [2.75, 3.05) is 117 Å². The first-order valence-corrected chi connectivity index (χ1v) is 31.7. The fourth-order valence-corrected chi connectivity index (χ4v) is 13.5. The van der Waals surface area contributed by atoms with Gasteiger partial charge in [-0.3, -0.25) is 42.4 Å². The third-order valence-electron chi connectivity index (χ3n) is 18.7. The summed E-state index contributed by atoms with van der Waals surface area (Å²) < 4.78 is 60.6. The normalized spacial score (nSPS) is 18.2. The highest BCUT2D eigenvalue weighted by atomic mass is 19.4. The van der Waals surface area contributed by atoms with Gasteiger partial charge in [0.15, 0.2) is 0 Å². The Morgan fingerprint density at radius 1 is 0.567 bits per heavy atom. The molecule has 9 heterocycles. The lowest BCUT2D eigenvalue weighted by atomic mass is 9.82. The molecular weight excluding hydrogens is 1160 g/mol. The van der Waals surface area contributed by atoms with E-state index in [0.29, 0.717) is 63.3 Å². The monoisotopic (exact) mass is 1240 g/mol. The number of hydrogen-bond donors (Lipinski definition) is 3. The molecule has 13 rings (SSSR count). The Labute approximate surface area is 521 Å². The van der Waals surface area contributed by atoms with Gasteiger partial charge in [0, 0.05) is 120 Å². The highest BCUT2D eigenvalue weighted by Gasteiger charge is 2.34. The van der Waals surface area contributed by atoms with Crippen molar-refractivity contribution in [3.05, 3.63) is 158 Å². The van der Waals surface area contributed by atoms with Gasteiger partial charge in [-0.25, -0.2) is 14.4 Å². The lowest BCUT2D eigenvalue weighted by Crippen LogP contribution is -2.44. The number of anilines is 2. The molecule has 5 aliphatic heterocycles. The van der Waals surface area contributed by atoms with Crippen LogP contribution in [0.2, 0.25) is 13.6 Å². The minimum Gasteiger partial charge on any atom is -0.437 e. The van der Waals surface area contributed by atoms with Gasteiger partial charge in [0.2, 0.25) is 0 Å². The standard InChI is InChI=1S/C32H35F3N6O3.C19H29BN4O3.C13H18BN3O2/c1-37(26-8-12-36-13-9-26)25-5-2-23(3-6-25)30(42)39-14-10-27(11-15-39)41-28-7-4-24(32(33,34)35)22-29(28)40(31(41)43)17-16-38-18-20-44-21-19-38;1-20(26)22-8-6-16(7-9-22)24-18-5-3-2-4-17(18)23(19(24)25)11-10-21-12-14-27-15-13-21;1-14(19)16-8-6-10(7-9-16)17-12-5-3-2-4-11(12)15-13(17)18/h2-9,12-13,22,27H,10-11,14-21H2,1H3;2-5,16,26H,6-15H2,1H3;2-5,10,19H,6-9H2,1H3,(H,15,18). The van der Waals surface area contributed by atoms with E-state index >= 15 is 0 Å². The molecule has 26 heteroatoms. The molecule has 0 spiro atoms. The number of carbonyl (C=O) groups excluding carboxylic acids is 1. The van der Waals surface area contributed by atoms with E-state index in [2.05, 4.69) is 36.7 Å². The molecule has 4 aromatic carbocycles. The lowest BCUT2D eigenvalue weighted by molar-refractivity contribution is -0.137. The topological polar surface area (TPSA) is 200 Å². The van der Waals surface area contributed by atoms with Gasteiger partial charge in [0.1, 0.15) is 0 Å². The number of ether oxygens (including phenoxy) is 2. The van der Waals surface area contributed by atoms with E-state index in [9.17, 15) is 42.4 Å². The number of carbonyl (C=O) groups is 1. The molecule has 0 saturated carbocycles. The Morgan fingerprint density at radius 3 is 1.54 bits per heavy atom. The maximum Gasteiger partial charge on any atom is 0.416 e. The Kier molecular flexibility index (Phi) is 20.6. The Bertz CT molecular complexity index is 3850. The van der Waals surface area contributed by atoms with E-state index in [1.54, 1.807) is 28.7 Å². The number of imidazole rings is 3. The van der Waals surface area contributed by atoms with Crippen molar-refractivity contribution in [3.63, 3.8) is 0 Å². The van der Waals surface area contributed by atoms with Gasteiger partial charge in [-0.15, -0.1) is 0 Å². The van der Waals surface area contributed by atoms with Crippen molar-refractivity contribution in [2.45, 2.75) is 89.6 Å². The Morgan fingerprint density at radius 2 is 1.02 bits per heavy atom. The summed E-state index contributed by atoms with van der Waals surface area (Å²) in [5.74, 6) is -0.0864. The molecule has 5 saturated heterocycles. The first-order chi connectivity index (χ1) is 43.5. The summed E-state index contributed by atoms with van der Waals surface area (Å²) in [6, 6.07) is 30.9. The summed E-state index contributed by atoms with van der Waals surface area (Å²) >= 11 is 0. The molecule has 90 heavy (non-hydrogen) atoms. The average Bonchev–Trinajstić information content (AvgIpc) is 2.33. The van der Waals surface area contributed by atoms with Crippen molar-refractivity contribution < 1.29 is 37.5 Å². The number of piperidine rings is 3. The minimum absolute atomic E-state index is 0.0308. The molecule has 0 bridgehead atoms. The Balaban J connectivity index is 0.000000153. The van der Waals surface area contributed by atoms with Crippen LogP contribution in [0.5, 0.6) is 0 Å². The van der Waals surface area contributed by atoms with E-state index in [4.69, 9.17) is 9.47 Å². The van der Waals surface area contributed by atoms with Crippen molar-refractivity contribution >= 4 is 64.5 Å². The molecule has 3 N–H and O–H groups in total. The van der Waals surface area contributed by atoms with E-state index in [1.807, 2.05) is 110 Å². The molecule has 8 aromatic rings. The van der Waals surface area contributed by atoms with Gasteiger partial charge < -0.3 is 43.9 Å². The number of rotatable bonds is 14. The van der Waals surface area contributed by atoms with Crippen LogP contribution in [0.4, 0.5) is 24.5 Å². The zero-order valence-electron chi connectivity index (χ0n) is 51.7. The van der Waals surface area contributed by atoms with Crippen molar-refractivity contribution in [3.8, 4) is 0 Å². The lowest BCUT2D eigenvalue weighted by Gasteiger charge is -2.33. The molecule has 5 aliphatic rings. The second-order valence-corrected chi connectivity index (χ2v) is 24.2. The number of alkyl halides is 3. The van der Waals surface area contributed by atoms with Gasteiger partial charge in [0.25, 0.3) is 5.91 Å². The number of H-pyrrole nitrogens is 1. The molecule has 5 fully saturated rings. The summed E-state index contributed by atoms with van der Waals surface area (Å²) in [6.07, 6.45) is 3.56. The van der Waals surface area contributed by atoms with Crippen LogP contribution in [-0.2, 0) is 28.7 Å². The molecular formula is C64H82B2F3N13O8. The number of halogens is 3. The number of aromatic nitrogens is 7. The van der Waals surface area contributed by atoms with Crippen LogP contribution in [0, 0.1) is 0 Å². The summed E-state index contributed by atoms with van der Waals surface area (Å²) in [4.78, 5) is 71.9. The van der Waals surface area contributed by atoms with Gasteiger partial charge in [-0.2, -0.15) is 13.2 Å². The molecule has 0 radical (unpaired) electrons. The second kappa shape index (κ2) is 28.9. The fraction of sp³-hybridized carbons (Fsp3) is 0.484. The first kappa shape index (κ1) is 64.2. The maximum atomic E-state index is 13.8. The second-order valence-electron chi connectivity index (χ2n) is 24.2. The zero-order chi connectivity index (χ0) is 63.1. The molecule has 0 atom stereocenters. The smallest absolute Gasteiger partial charge is 0.416 e. The van der Waals surface area contributed by atoms with Gasteiger partial charge in [-0.05, 0) is 157 Å². The number of fused-ring (bicyclic) bond motifs is 3. The molecule has 0 aliphatic carbocycles. The number of likely N-dealkylation sites (tertiary alicyclic amines) is 1. The average molecular weight is 1240 g/mol. The largest absolute Gasteiger partial charge is 0.437 e. The predicted molar refractivity (Wildman–Crippen MR) is 345 cm³/mol. The number of aromatic amines is 1. The number of hydrogen-bond acceptors (Lipinski definition) is 14. The third kappa shape index (κ3) is 14.6. The number of benzene rings is 4. The molecule has 478 valence electrons. The zero-order valence-corrected chi connectivity index (χ0v) is 51.7. The number of pyridine rings is 1.